The number of hydrogen-bond acceptors (Lipinski definition) is 5. The monoisotopic (exact) mass is 406 g/mol. The first kappa shape index (κ1) is 18.0. The minimum Gasteiger partial charge on any atom is -0.366 e. The number of alkyl halides is 2. The van der Waals surface area contributed by atoms with Gasteiger partial charge in [-0.15, -0.1) is 5.10 Å². The van der Waals surface area contributed by atoms with Gasteiger partial charge in [0.1, 0.15) is 0 Å². The summed E-state index contributed by atoms with van der Waals surface area (Å²) in [6.45, 7) is -2.09. The molecule has 0 spiro atoms. The molecule has 0 unspecified atom stereocenters. The highest BCUT2D eigenvalue weighted by Gasteiger charge is 2.15. The van der Waals surface area contributed by atoms with Crippen LogP contribution in [0.15, 0.2) is 67.3 Å². The molecule has 0 fully saturated rings. The zero-order valence-corrected chi connectivity index (χ0v) is 15.6. The number of nitrogens with zero attached hydrogens (tertiary/aromatic N) is 7. The first-order valence-electron chi connectivity index (χ1n) is 9.12. The van der Waals surface area contributed by atoms with Gasteiger partial charge in [-0.2, -0.15) is 24.0 Å². The van der Waals surface area contributed by atoms with Crippen molar-refractivity contribution in [1.29, 1.82) is 0 Å². The Bertz CT molecular complexity index is 1320. The van der Waals surface area contributed by atoms with Crippen molar-refractivity contribution in [3.8, 4) is 22.4 Å². The maximum Gasteiger partial charge on any atom is 0.333 e. The van der Waals surface area contributed by atoms with Crippen molar-refractivity contribution in [2.45, 2.75) is 13.1 Å². The molecule has 0 atom stereocenters. The molecular formula is C20H16F2N8. The average molecular weight is 406 g/mol. The third-order valence-electron chi connectivity index (χ3n) is 4.70. The highest BCUT2D eigenvalue weighted by atomic mass is 19.3. The Hall–Kier alpha value is -4.08. The number of rotatable bonds is 5. The van der Waals surface area contributed by atoms with Gasteiger partial charge < -0.3 is 5.73 Å². The Morgan fingerprint density at radius 2 is 1.73 bits per heavy atom. The van der Waals surface area contributed by atoms with Crippen LogP contribution in [0.25, 0.3) is 28.0 Å². The Balaban J connectivity index is 1.57. The number of halogens is 2. The fourth-order valence-corrected chi connectivity index (χ4v) is 3.32. The van der Waals surface area contributed by atoms with Gasteiger partial charge in [0.05, 0.1) is 24.6 Å². The maximum absolute atomic E-state index is 13.0. The van der Waals surface area contributed by atoms with Crippen LogP contribution < -0.4 is 5.73 Å². The molecule has 5 rings (SSSR count). The number of anilines is 1. The summed E-state index contributed by atoms with van der Waals surface area (Å²) in [6.07, 6.45) is 6.30. The second-order valence-corrected chi connectivity index (χ2v) is 6.77. The van der Waals surface area contributed by atoms with E-state index in [1.807, 2.05) is 53.3 Å². The van der Waals surface area contributed by atoms with Gasteiger partial charge in [-0.25, -0.2) is 9.20 Å². The van der Waals surface area contributed by atoms with Gasteiger partial charge in [0.25, 0.3) is 0 Å². The van der Waals surface area contributed by atoms with Crippen LogP contribution in [0.3, 0.4) is 0 Å². The van der Waals surface area contributed by atoms with Gasteiger partial charge in [0, 0.05) is 23.5 Å². The van der Waals surface area contributed by atoms with Gasteiger partial charge in [-0.3, -0.25) is 4.68 Å². The predicted molar refractivity (Wildman–Crippen MR) is 107 cm³/mol. The van der Waals surface area contributed by atoms with E-state index in [1.165, 1.54) is 16.9 Å². The number of hydrogen-bond donors (Lipinski definition) is 1. The van der Waals surface area contributed by atoms with Gasteiger partial charge in [-0.1, -0.05) is 30.3 Å². The van der Waals surface area contributed by atoms with E-state index >= 15 is 0 Å². The molecule has 4 heterocycles. The maximum atomic E-state index is 13.0. The Labute approximate surface area is 169 Å². The van der Waals surface area contributed by atoms with E-state index in [0.717, 1.165) is 16.7 Å². The second-order valence-electron chi connectivity index (χ2n) is 6.77. The minimum absolute atomic E-state index is 0.0921. The molecule has 0 aliphatic carbocycles. The molecule has 5 aromatic rings. The van der Waals surface area contributed by atoms with Crippen LogP contribution in [-0.2, 0) is 6.54 Å². The lowest BCUT2D eigenvalue weighted by molar-refractivity contribution is 0.0566. The molecule has 0 aliphatic rings. The number of pyridine rings is 1. The van der Waals surface area contributed by atoms with Crippen LogP contribution in [-0.4, -0.2) is 34.2 Å². The van der Waals surface area contributed by atoms with Gasteiger partial charge in [0.15, 0.2) is 5.65 Å². The molecule has 150 valence electrons. The van der Waals surface area contributed by atoms with E-state index in [9.17, 15) is 8.78 Å². The number of benzene rings is 1. The summed E-state index contributed by atoms with van der Waals surface area (Å²) in [5, 5.41) is 12.3. The summed E-state index contributed by atoms with van der Waals surface area (Å²) in [6, 6.07) is 13.7. The van der Waals surface area contributed by atoms with Crippen molar-refractivity contribution in [3.63, 3.8) is 0 Å². The normalized spacial score (nSPS) is 11.6. The average Bonchev–Trinajstić information content (AvgIpc) is 3.46. The summed E-state index contributed by atoms with van der Waals surface area (Å²) in [4.78, 5) is 4.23. The lowest BCUT2D eigenvalue weighted by atomic mass is 10.1. The number of nitrogen functional groups attached to an aromatic ring is 1. The van der Waals surface area contributed by atoms with E-state index in [-0.39, 0.29) is 5.95 Å². The summed E-state index contributed by atoms with van der Waals surface area (Å²) in [5.74, 6) is 0.0921. The lowest BCUT2D eigenvalue weighted by Crippen LogP contribution is -1.99. The predicted octanol–water partition coefficient (Wildman–Crippen LogP) is 3.48. The lowest BCUT2D eigenvalue weighted by Gasteiger charge is -2.05. The molecule has 0 aliphatic heterocycles. The van der Waals surface area contributed by atoms with Crippen molar-refractivity contribution < 1.29 is 8.78 Å². The molecule has 1 aromatic carbocycles. The molecule has 0 bridgehead atoms. The number of fused-ring (bicyclic) bond motifs is 1. The molecule has 0 saturated heterocycles. The van der Waals surface area contributed by atoms with Gasteiger partial charge >= 0.3 is 6.55 Å². The molecule has 4 aromatic heterocycles. The van der Waals surface area contributed by atoms with Crippen molar-refractivity contribution in [2.24, 2.45) is 0 Å². The third kappa shape index (κ3) is 3.28. The van der Waals surface area contributed by atoms with Crippen molar-refractivity contribution in [3.05, 3.63) is 72.8 Å². The van der Waals surface area contributed by atoms with Gasteiger partial charge in [0.2, 0.25) is 5.95 Å². The van der Waals surface area contributed by atoms with Crippen LogP contribution >= 0.6 is 0 Å². The van der Waals surface area contributed by atoms with Crippen molar-refractivity contribution >= 4 is 11.6 Å². The summed E-state index contributed by atoms with van der Waals surface area (Å²) in [7, 11) is 0. The second kappa shape index (κ2) is 7.07. The van der Waals surface area contributed by atoms with Crippen LogP contribution in [0, 0.1) is 0 Å². The Kier molecular flexibility index (Phi) is 4.24. The Morgan fingerprint density at radius 3 is 2.50 bits per heavy atom. The first-order valence-corrected chi connectivity index (χ1v) is 9.12. The van der Waals surface area contributed by atoms with E-state index in [2.05, 4.69) is 20.3 Å². The quantitative estimate of drug-likeness (QED) is 0.482. The van der Waals surface area contributed by atoms with Crippen molar-refractivity contribution in [2.75, 3.05) is 5.73 Å². The fourth-order valence-electron chi connectivity index (χ4n) is 3.32. The third-order valence-corrected chi connectivity index (χ3v) is 4.70. The van der Waals surface area contributed by atoms with Crippen molar-refractivity contribution in [1.82, 2.24) is 34.2 Å². The SMILES string of the molecule is Nc1nc2cc(-c3cnn(Cc4ccccc4)c3)cc(-c3cnn(C(F)F)c3)n2n1. The number of nitrogens with two attached hydrogens (primary N) is 1. The van der Waals surface area contributed by atoms with Gasteiger partial charge in [-0.05, 0) is 23.3 Å². The Morgan fingerprint density at radius 1 is 0.933 bits per heavy atom. The summed E-state index contributed by atoms with van der Waals surface area (Å²) < 4.78 is 29.9. The molecule has 30 heavy (non-hydrogen) atoms. The zero-order valence-electron chi connectivity index (χ0n) is 15.6. The standard InChI is InChI=1S/C20H16F2N8/c21-19(22)29-12-16(9-25-29)17-6-14(7-18-26-20(23)27-30(17)18)15-8-24-28(11-15)10-13-4-2-1-3-5-13/h1-9,11-12,19H,10H2,(H2,23,27). The smallest absolute Gasteiger partial charge is 0.333 e. The van der Waals surface area contributed by atoms with E-state index in [4.69, 9.17) is 5.73 Å². The molecular weight excluding hydrogens is 390 g/mol. The molecule has 2 N–H and O–H groups in total. The minimum atomic E-state index is -2.73. The molecule has 0 amide bonds. The molecule has 0 radical (unpaired) electrons. The topological polar surface area (TPSA) is 91.9 Å². The number of aromatic nitrogens is 7. The molecule has 10 heteroatoms. The van der Waals surface area contributed by atoms with Crippen LogP contribution in [0.4, 0.5) is 14.7 Å². The zero-order chi connectivity index (χ0) is 20.7. The summed E-state index contributed by atoms with van der Waals surface area (Å²) >= 11 is 0. The summed E-state index contributed by atoms with van der Waals surface area (Å²) in [5.41, 5.74) is 10.1. The van der Waals surface area contributed by atoms with E-state index < -0.39 is 6.55 Å². The highest BCUT2D eigenvalue weighted by molar-refractivity contribution is 5.74. The first-order chi connectivity index (χ1) is 14.6. The largest absolute Gasteiger partial charge is 0.366 e. The van der Waals surface area contributed by atoms with E-state index in [0.29, 0.717) is 28.1 Å². The van der Waals surface area contributed by atoms with Crippen LogP contribution in [0.5, 0.6) is 0 Å². The van der Waals surface area contributed by atoms with Crippen LogP contribution in [0.1, 0.15) is 12.1 Å². The van der Waals surface area contributed by atoms with Crippen LogP contribution in [0.2, 0.25) is 0 Å². The molecule has 8 nitrogen and oxygen atoms in total. The fraction of sp³-hybridized carbons (Fsp3) is 0.100. The van der Waals surface area contributed by atoms with E-state index in [1.54, 1.807) is 6.20 Å². The highest BCUT2D eigenvalue weighted by Crippen LogP contribution is 2.29. The molecule has 0 saturated carbocycles.